The van der Waals surface area contributed by atoms with Crippen molar-refractivity contribution in [3.8, 4) is 0 Å². The number of hydrogen-bond acceptors (Lipinski definition) is 3. The van der Waals surface area contributed by atoms with Crippen molar-refractivity contribution in [1.82, 2.24) is 4.31 Å². The van der Waals surface area contributed by atoms with Crippen LogP contribution in [0.3, 0.4) is 0 Å². The Morgan fingerprint density at radius 3 is 2.07 bits per heavy atom. The summed E-state index contributed by atoms with van der Waals surface area (Å²) in [5.74, 6) is 0.973. The lowest BCUT2D eigenvalue weighted by molar-refractivity contribution is 0.358. The number of aryl methyl sites for hydroxylation is 1. The Morgan fingerprint density at radius 1 is 0.893 bits per heavy atom. The number of benzene rings is 2. The van der Waals surface area contributed by atoms with E-state index in [-0.39, 0.29) is 6.54 Å². The van der Waals surface area contributed by atoms with Gasteiger partial charge in [0.2, 0.25) is 10.0 Å². The molecule has 148 valence electrons. The molecule has 4 nitrogen and oxygen atoms in total. The molecule has 3 aromatic rings. The highest BCUT2D eigenvalue weighted by Crippen LogP contribution is 2.24. The summed E-state index contributed by atoms with van der Waals surface area (Å²) in [6.07, 6.45) is 2.52. The molecule has 0 aliphatic heterocycles. The summed E-state index contributed by atoms with van der Waals surface area (Å²) < 4.78 is 33.6. The van der Waals surface area contributed by atoms with E-state index >= 15 is 0 Å². The first-order chi connectivity index (χ1) is 13.4. The van der Waals surface area contributed by atoms with Gasteiger partial charge in [0.1, 0.15) is 5.76 Å². The fraction of sp³-hybridized carbons (Fsp3) is 0.304. The standard InChI is InChI=1S/C23H27NO3S/c1-4-19-7-9-20(10-8-19)16-24(17-22-6-5-15-27-22)28(25,26)23-13-11-21(12-14-23)18(2)3/h5-15,18H,4,16-17H2,1-3H3. The van der Waals surface area contributed by atoms with Crippen LogP contribution in [-0.2, 0) is 29.5 Å². The molecule has 0 fully saturated rings. The molecule has 1 aromatic heterocycles. The van der Waals surface area contributed by atoms with Crippen LogP contribution < -0.4 is 0 Å². The smallest absolute Gasteiger partial charge is 0.243 e. The van der Waals surface area contributed by atoms with Crippen molar-refractivity contribution in [3.63, 3.8) is 0 Å². The van der Waals surface area contributed by atoms with Gasteiger partial charge in [0.15, 0.2) is 0 Å². The molecule has 0 N–H and O–H groups in total. The van der Waals surface area contributed by atoms with Crippen LogP contribution in [-0.4, -0.2) is 12.7 Å². The normalized spacial score (nSPS) is 12.0. The van der Waals surface area contributed by atoms with E-state index in [2.05, 4.69) is 20.8 Å². The first kappa shape index (κ1) is 20.4. The van der Waals surface area contributed by atoms with Crippen molar-refractivity contribution in [2.75, 3.05) is 0 Å². The fourth-order valence-corrected chi connectivity index (χ4v) is 4.45. The van der Waals surface area contributed by atoms with E-state index in [1.165, 1.54) is 9.87 Å². The highest BCUT2D eigenvalue weighted by Gasteiger charge is 2.26. The van der Waals surface area contributed by atoms with Crippen LogP contribution in [0.2, 0.25) is 0 Å². The van der Waals surface area contributed by atoms with Crippen molar-refractivity contribution in [1.29, 1.82) is 0 Å². The first-order valence-electron chi connectivity index (χ1n) is 9.60. The van der Waals surface area contributed by atoms with E-state index in [1.54, 1.807) is 30.5 Å². The second-order valence-corrected chi connectivity index (χ2v) is 9.18. The summed E-state index contributed by atoms with van der Waals surface area (Å²) >= 11 is 0. The van der Waals surface area contributed by atoms with E-state index in [0.29, 0.717) is 23.1 Å². The van der Waals surface area contributed by atoms with Crippen molar-refractivity contribution in [2.45, 2.75) is 51.1 Å². The van der Waals surface area contributed by atoms with Gasteiger partial charge in [0.05, 0.1) is 17.7 Å². The molecule has 0 amide bonds. The van der Waals surface area contributed by atoms with Gasteiger partial charge in [-0.3, -0.25) is 0 Å². The van der Waals surface area contributed by atoms with Gasteiger partial charge < -0.3 is 4.42 Å². The van der Waals surface area contributed by atoms with Gasteiger partial charge in [-0.25, -0.2) is 8.42 Å². The third-order valence-corrected chi connectivity index (χ3v) is 6.69. The quantitative estimate of drug-likeness (QED) is 0.514. The molecule has 0 saturated heterocycles. The van der Waals surface area contributed by atoms with E-state index in [4.69, 9.17) is 4.42 Å². The highest BCUT2D eigenvalue weighted by molar-refractivity contribution is 7.89. The average Bonchev–Trinajstić information content (AvgIpc) is 3.21. The lowest BCUT2D eigenvalue weighted by atomic mass is 10.0. The molecule has 0 saturated carbocycles. The van der Waals surface area contributed by atoms with Crippen molar-refractivity contribution in [2.24, 2.45) is 0 Å². The van der Waals surface area contributed by atoms with Crippen molar-refractivity contribution < 1.29 is 12.8 Å². The van der Waals surface area contributed by atoms with Gasteiger partial charge in [-0.15, -0.1) is 0 Å². The Hall–Kier alpha value is -2.37. The summed E-state index contributed by atoms with van der Waals surface area (Å²) in [5.41, 5.74) is 3.30. The number of furan rings is 1. The summed E-state index contributed by atoms with van der Waals surface area (Å²) in [6.45, 7) is 6.76. The van der Waals surface area contributed by atoms with Crippen LogP contribution >= 0.6 is 0 Å². The molecule has 28 heavy (non-hydrogen) atoms. The molecule has 1 heterocycles. The highest BCUT2D eigenvalue weighted by atomic mass is 32.2. The monoisotopic (exact) mass is 397 g/mol. The first-order valence-corrected chi connectivity index (χ1v) is 11.0. The van der Waals surface area contributed by atoms with E-state index in [1.807, 2.05) is 36.4 Å². The number of rotatable bonds is 8. The summed E-state index contributed by atoms with van der Waals surface area (Å²) in [5, 5.41) is 0. The minimum atomic E-state index is -3.66. The molecular formula is C23H27NO3S. The number of sulfonamides is 1. The zero-order chi connectivity index (χ0) is 20.1. The SMILES string of the molecule is CCc1ccc(CN(Cc2ccco2)S(=O)(=O)c2ccc(C(C)C)cc2)cc1. The van der Waals surface area contributed by atoms with Crippen LogP contribution in [0.5, 0.6) is 0 Å². The lowest BCUT2D eigenvalue weighted by Gasteiger charge is -2.22. The van der Waals surface area contributed by atoms with Crippen molar-refractivity contribution in [3.05, 3.63) is 89.4 Å². The van der Waals surface area contributed by atoms with Gasteiger partial charge in [0, 0.05) is 6.54 Å². The zero-order valence-corrected chi connectivity index (χ0v) is 17.4. The van der Waals surface area contributed by atoms with E-state index in [0.717, 1.165) is 17.5 Å². The predicted octanol–water partition coefficient (Wildman–Crippen LogP) is 5.36. The van der Waals surface area contributed by atoms with Crippen LogP contribution in [0.25, 0.3) is 0 Å². The molecule has 0 aliphatic rings. The topological polar surface area (TPSA) is 50.5 Å². The average molecular weight is 398 g/mol. The predicted molar refractivity (Wildman–Crippen MR) is 111 cm³/mol. The second-order valence-electron chi connectivity index (χ2n) is 7.25. The van der Waals surface area contributed by atoms with Crippen LogP contribution in [0, 0.1) is 0 Å². The fourth-order valence-electron chi connectivity index (χ4n) is 3.06. The lowest BCUT2D eigenvalue weighted by Crippen LogP contribution is -2.30. The molecule has 0 unspecified atom stereocenters. The molecule has 0 radical (unpaired) electrons. The molecule has 0 aliphatic carbocycles. The Labute approximate surface area is 167 Å². The van der Waals surface area contributed by atoms with Crippen molar-refractivity contribution >= 4 is 10.0 Å². The van der Waals surface area contributed by atoms with Crippen LogP contribution in [0.15, 0.2) is 76.2 Å². The van der Waals surface area contributed by atoms with Gasteiger partial charge in [0.25, 0.3) is 0 Å². The van der Waals surface area contributed by atoms with Gasteiger partial charge in [-0.1, -0.05) is 57.2 Å². The maximum Gasteiger partial charge on any atom is 0.243 e. The zero-order valence-electron chi connectivity index (χ0n) is 16.6. The van der Waals surface area contributed by atoms with E-state index in [9.17, 15) is 8.42 Å². The van der Waals surface area contributed by atoms with Gasteiger partial charge in [-0.2, -0.15) is 4.31 Å². The molecule has 0 atom stereocenters. The third kappa shape index (κ3) is 4.72. The second kappa shape index (κ2) is 8.76. The molecule has 2 aromatic carbocycles. The Balaban J connectivity index is 1.91. The summed E-state index contributed by atoms with van der Waals surface area (Å²) in [6, 6.07) is 18.8. The van der Waals surface area contributed by atoms with Crippen LogP contribution in [0.4, 0.5) is 0 Å². The molecule has 0 spiro atoms. The van der Waals surface area contributed by atoms with E-state index < -0.39 is 10.0 Å². The number of hydrogen-bond donors (Lipinski definition) is 0. The Kier molecular flexibility index (Phi) is 6.37. The maximum absolute atomic E-state index is 13.4. The van der Waals surface area contributed by atoms with Crippen LogP contribution in [0.1, 0.15) is 49.1 Å². The maximum atomic E-state index is 13.4. The Bertz CT molecular complexity index is 973. The molecular weight excluding hydrogens is 370 g/mol. The Morgan fingerprint density at radius 2 is 1.54 bits per heavy atom. The minimum Gasteiger partial charge on any atom is -0.468 e. The minimum absolute atomic E-state index is 0.191. The van der Waals surface area contributed by atoms with Gasteiger partial charge >= 0.3 is 0 Å². The number of nitrogens with zero attached hydrogens (tertiary/aromatic N) is 1. The van der Waals surface area contributed by atoms with Gasteiger partial charge in [-0.05, 0) is 53.3 Å². The summed E-state index contributed by atoms with van der Waals surface area (Å²) in [4.78, 5) is 0.300. The third-order valence-electron chi connectivity index (χ3n) is 4.89. The summed E-state index contributed by atoms with van der Waals surface area (Å²) in [7, 11) is -3.66. The molecule has 0 bridgehead atoms. The molecule has 3 rings (SSSR count). The largest absolute Gasteiger partial charge is 0.468 e. The molecule has 5 heteroatoms.